The van der Waals surface area contributed by atoms with Gasteiger partial charge in [-0.1, -0.05) is 38.1 Å². The van der Waals surface area contributed by atoms with E-state index in [0.717, 1.165) is 23.5 Å². The minimum Gasteiger partial charge on any atom is -0.342 e. The predicted molar refractivity (Wildman–Crippen MR) is 70.9 cm³/mol. The van der Waals surface area contributed by atoms with Crippen molar-refractivity contribution in [1.82, 2.24) is 9.97 Å². The fraction of sp³-hybridized carbons (Fsp3) is 0.357. The van der Waals surface area contributed by atoms with E-state index in [-0.39, 0.29) is 0 Å². The fourth-order valence-corrected chi connectivity index (χ4v) is 1.81. The molecule has 0 aliphatic carbocycles. The van der Waals surface area contributed by atoms with E-state index in [9.17, 15) is 0 Å². The van der Waals surface area contributed by atoms with Crippen LogP contribution in [0.1, 0.15) is 31.0 Å². The number of hydrogen-bond donors (Lipinski definition) is 2. The van der Waals surface area contributed by atoms with Crippen molar-refractivity contribution in [2.45, 2.75) is 26.2 Å². The molecule has 1 heterocycles. The quantitative estimate of drug-likeness (QED) is 0.847. The second kappa shape index (κ2) is 5.15. The van der Waals surface area contributed by atoms with Gasteiger partial charge in [-0.05, 0) is 18.0 Å². The van der Waals surface area contributed by atoms with Crippen LogP contribution in [0.3, 0.4) is 0 Å². The van der Waals surface area contributed by atoms with Crippen molar-refractivity contribution in [1.29, 1.82) is 0 Å². The van der Waals surface area contributed by atoms with E-state index in [1.807, 2.05) is 6.20 Å². The van der Waals surface area contributed by atoms with Crippen LogP contribution in [0.5, 0.6) is 0 Å². The summed E-state index contributed by atoms with van der Waals surface area (Å²) in [6.07, 6.45) is 2.70. The summed E-state index contributed by atoms with van der Waals surface area (Å²) in [7, 11) is 0. The van der Waals surface area contributed by atoms with Crippen LogP contribution in [0.25, 0.3) is 11.4 Å². The van der Waals surface area contributed by atoms with Gasteiger partial charge in [0, 0.05) is 23.9 Å². The monoisotopic (exact) mass is 229 g/mol. The van der Waals surface area contributed by atoms with Gasteiger partial charge < -0.3 is 10.7 Å². The van der Waals surface area contributed by atoms with Gasteiger partial charge in [0.2, 0.25) is 0 Å². The standard InChI is InChI=1S/C14H19N3/c1-10(2)11-3-5-12(6-4-11)14-16-9-13(17-14)7-8-15/h3-6,9-10H,7-8,15H2,1-2H3,(H,16,17). The third-order valence-electron chi connectivity index (χ3n) is 2.89. The van der Waals surface area contributed by atoms with Crippen LogP contribution in [-0.4, -0.2) is 16.5 Å². The molecule has 0 aliphatic rings. The molecule has 2 rings (SSSR count). The molecule has 17 heavy (non-hydrogen) atoms. The average Bonchev–Trinajstić information content (AvgIpc) is 2.78. The summed E-state index contributed by atoms with van der Waals surface area (Å²) < 4.78 is 0. The third-order valence-corrected chi connectivity index (χ3v) is 2.89. The SMILES string of the molecule is CC(C)c1ccc(-c2ncc(CCN)[nH]2)cc1. The molecule has 90 valence electrons. The lowest BCUT2D eigenvalue weighted by Crippen LogP contribution is -2.02. The summed E-state index contributed by atoms with van der Waals surface area (Å²) in [6.45, 7) is 5.04. The Morgan fingerprint density at radius 3 is 2.53 bits per heavy atom. The molecule has 0 bridgehead atoms. The van der Waals surface area contributed by atoms with Gasteiger partial charge in [-0.2, -0.15) is 0 Å². The Hall–Kier alpha value is -1.61. The molecule has 1 aromatic heterocycles. The third kappa shape index (κ3) is 2.74. The smallest absolute Gasteiger partial charge is 0.137 e. The first-order valence-electron chi connectivity index (χ1n) is 6.05. The molecule has 0 unspecified atom stereocenters. The number of nitrogens with one attached hydrogen (secondary N) is 1. The number of H-pyrrole nitrogens is 1. The number of aromatic nitrogens is 2. The van der Waals surface area contributed by atoms with E-state index in [1.165, 1.54) is 5.56 Å². The molecule has 0 amide bonds. The molecule has 0 radical (unpaired) electrons. The maximum Gasteiger partial charge on any atom is 0.137 e. The van der Waals surface area contributed by atoms with Crippen LogP contribution in [-0.2, 0) is 6.42 Å². The van der Waals surface area contributed by atoms with Crippen LogP contribution in [0.15, 0.2) is 30.5 Å². The second-order valence-corrected chi connectivity index (χ2v) is 4.57. The van der Waals surface area contributed by atoms with E-state index in [0.29, 0.717) is 12.5 Å². The zero-order chi connectivity index (χ0) is 12.3. The Morgan fingerprint density at radius 1 is 1.24 bits per heavy atom. The van der Waals surface area contributed by atoms with Crippen molar-refractivity contribution in [2.24, 2.45) is 5.73 Å². The highest BCUT2D eigenvalue weighted by atomic mass is 14.9. The number of nitrogens with zero attached hydrogens (tertiary/aromatic N) is 1. The minimum absolute atomic E-state index is 0.563. The van der Waals surface area contributed by atoms with Crippen molar-refractivity contribution in [3.8, 4) is 11.4 Å². The number of aromatic amines is 1. The Balaban J connectivity index is 2.21. The Bertz CT molecular complexity index is 468. The fourth-order valence-electron chi connectivity index (χ4n) is 1.81. The first-order valence-corrected chi connectivity index (χ1v) is 6.05. The van der Waals surface area contributed by atoms with Crippen molar-refractivity contribution in [3.63, 3.8) is 0 Å². The topological polar surface area (TPSA) is 54.7 Å². The van der Waals surface area contributed by atoms with E-state index in [4.69, 9.17) is 5.73 Å². The van der Waals surface area contributed by atoms with Crippen LogP contribution >= 0.6 is 0 Å². The van der Waals surface area contributed by atoms with Gasteiger partial charge in [0.25, 0.3) is 0 Å². The molecule has 0 aliphatic heterocycles. The van der Waals surface area contributed by atoms with Gasteiger partial charge in [0.15, 0.2) is 0 Å². The average molecular weight is 229 g/mol. The van der Waals surface area contributed by atoms with E-state index >= 15 is 0 Å². The maximum atomic E-state index is 5.51. The summed E-state index contributed by atoms with van der Waals surface area (Å²) in [5, 5.41) is 0. The van der Waals surface area contributed by atoms with E-state index < -0.39 is 0 Å². The molecule has 1 aromatic carbocycles. The van der Waals surface area contributed by atoms with Gasteiger partial charge in [-0.15, -0.1) is 0 Å². The van der Waals surface area contributed by atoms with E-state index in [1.54, 1.807) is 0 Å². The van der Waals surface area contributed by atoms with Gasteiger partial charge in [0.1, 0.15) is 5.82 Å². The molecule has 3 N–H and O–H groups in total. The van der Waals surface area contributed by atoms with Crippen molar-refractivity contribution in [2.75, 3.05) is 6.54 Å². The summed E-state index contributed by atoms with van der Waals surface area (Å²) >= 11 is 0. The summed E-state index contributed by atoms with van der Waals surface area (Å²) in [5.74, 6) is 1.48. The second-order valence-electron chi connectivity index (χ2n) is 4.57. The molecule has 0 spiro atoms. The van der Waals surface area contributed by atoms with Crippen LogP contribution < -0.4 is 5.73 Å². The molecule has 3 nitrogen and oxygen atoms in total. The highest BCUT2D eigenvalue weighted by molar-refractivity contribution is 5.55. The number of nitrogens with two attached hydrogens (primary N) is 1. The molecule has 3 heteroatoms. The Morgan fingerprint density at radius 2 is 1.94 bits per heavy atom. The highest BCUT2D eigenvalue weighted by Gasteiger charge is 2.04. The maximum absolute atomic E-state index is 5.51. The number of hydrogen-bond acceptors (Lipinski definition) is 2. The minimum atomic E-state index is 0.563. The first-order chi connectivity index (χ1) is 8.20. The number of rotatable bonds is 4. The van der Waals surface area contributed by atoms with Gasteiger partial charge in [-0.25, -0.2) is 4.98 Å². The lowest BCUT2D eigenvalue weighted by Gasteiger charge is -2.05. The number of imidazole rings is 1. The number of benzene rings is 1. The molecule has 2 aromatic rings. The predicted octanol–water partition coefficient (Wildman–Crippen LogP) is 2.70. The normalized spacial score (nSPS) is 11.1. The summed E-state index contributed by atoms with van der Waals surface area (Å²) in [5.41, 5.74) is 9.08. The Labute approximate surface area is 102 Å². The lowest BCUT2D eigenvalue weighted by molar-refractivity contribution is 0.867. The van der Waals surface area contributed by atoms with Gasteiger partial charge in [-0.3, -0.25) is 0 Å². The molecule has 0 fully saturated rings. The van der Waals surface area contributed by atoms with Gasteiger partial charge >= 0.3 is 0 Å². The molecule has 0 atom stereocenters. The molecule has 0 saturated carbocycles. The molecule has 0 saturated heterocycles. The lowest BCUT2D eigenvalue weighted by atomic mass is 10.0. The van der Waals surface area contributed by atoms with Crippen LogP contribution in [0.2, 0.25) is 0 Å². The summed E-state index contributed by atoms with van der Waals surface area (Å²) in [6, 6.07) is 8.54. The molecular weight excluding hydrogens is 210 g/mol. The van der Waals surface area contributed by atoms with Gasteiger partial charge in [0.05, 0.1) is 0 Å². The van der Waals surface area contributed by atoms with Crippen LogP contribution in [0.4, 0.5) is 0 Å². The first kappa shape index (κ1) is 11.9. The van der Waals surface area contributed by atoms with Crippen molar-refractivity contribution in [3.05, 3.63) is 41.7 Å². The molecular formula is C14H19N3. The van der Waals surface area contributed by atoms with Crippen molar-refractivity contribution < 1.29 is 0 Å². The summed E-state index contributed by atoms with van der Waals surface area (Å²) in [4.78, 5) is 7.66. The zero-order valence-electron chi connectivity index (χ0n) is 10.4. The largest absolute Gasteiger partial charge is 0.342 e. The zero-order valence-corrected chi connectivity index (χ0v) is 10.4. The Kier molecular flexibility index (Phi) is 3.59. The highest BCUT2D eigenvalue weighted by Crippen LogP contribution is 2.20. The van der Waals surface area contributed by atoms with Crippen molar-refractivity contribution >= 4 is 0 Å². The van der Waals surface area contributed by atoms with Crippen LogP contribution in [0, 0.1) is 0 Å². The van der Waals surface area contributed by atoms with E-state index in [2.05, 4.69) is 48.1 Å².